The standard InChI is InChI=1S/C19H20N2O3S/c1-20-8-10-21(11-9-20)19(22)13-25(23)14-6-7-18-16(12-14)15-4-2-3-5-17(15)24-18/h2-7,12H,8-11,13H2,1H3. The molecule has 1 amide bonds. The number of hydrogen-bond acceptors (Lipinski definition) is 4. The van der Waals surface area contributed by atoms with Crippen molar-refractivity contribution in [1.29, 1.82) is 0 Å². The molecule has 1 unspecified atom stereocenters. The third-order valence-corrected chi connectivity index (χ3v) is 6.01. The molecule has 0 saturated carbocycles. The fraction of sp³-hybridized carbons (Fsp3) is 0.316. The summed E-state index contributed by atoms with van der Waals surface area (Å²) in [6.07, 6.45) is 0. The van der Waals surface area contributed by atoms with Crippen LogP contribution < -0.4 is 0 Å². The summed E-state index contributed by atoms with van der Waals surface area (Å²) in [5.41, 5.74) is 1.58. The number of fused-ring (bicyclic) bond motifs is 3. The van der Waals surface area contributed by atoms with E-state index < -0.39 is 10.8 Å². The van der Waals surface area contributed by atoms with Gasteiger partial charge in [0.2, 0.25) is 5.91 Å². The van der Waals surface area contributed by atoms with E-state index >= 15 is 0 Å². The van der Waals surface area contributed by atoms with Gasteiger partial charge in [0.15, 0.2) is 0 Å². The highest BCUT2D eigenvalue weighted by Gasteiger charge is 2.21. The minimum Gasteiger partial charge on any atom is -0.456 e. The van der Waals surface area contributed by atoms with Crippen molar-refractivity contribution in [3.63, 3.8) is 0 Å². The molecule has 6 heteroatoms. The van der Waals surface area contributed by atoms with Crippen molar-refractivity contribution < 1.29 is 13.4 Å². The van der Waals surface area contributed by atoms with E-state index in [0.29, 0.717) is 18.0 Å². The zero-order chi connectivity index (χ0) is 17.4. The van der Waals surface area contributed by atoms with E-state index in [0.717, 1.165) is 35.0 Å². The van der Waals surface area contributed by atoms with E-state index in [1.807, 2.05) is 48.3 Å². The third kappa shape index (κ3) is 3.19. The molecule has 0 bridgehead atoms. The Bertz CT molecular complexity index is 958. The molecular weight excluding hydrogens is 336 g/mol. The maximum atomic E-state index is 12.7. The van der Waals surface area contributed by atoms with Gasteiger partial charge in [-0.3, -0.25) is 9.00 Å². The van der Waals surface area contributed by atoms with Crippen LogP contribution in [0.2, 0.25) is 0 Å². The van der Waals surface area contributed by atoms with Crippen LogP contribution in [0.4, 0.5) is 0 Å². The maximum absolute atomic E-state index is 12.7. The van der Waals surface area contributed by atoms with Crippen molar-refractivity contribution in [3.8, 4) is 0 Å². The Morgan fingerprint density at radius 3 is 2.56 bits per heavy atom. The summed E-state index contributed by atoms with van der Waals surface area (Å²) < 4.78 is 18.5. The van der Waals surface area contributed by atoms with E-state index in [2.05, 4.69) is 4.90 Å². The van der Waals surface area contributed by atoms with Crippen molar-refractivity contribution >= 4 is 38.6 Å². The summed E-state index contributed by atoms with van der Waals surface area (Å²) in [6, 6.07) is 13.3. The summed E-state index contributed by atoms with van der Waals surface area (Å²) in [5, 5.41) is 1.94. The number of amides is 1. The van der Waals surface area contributed by atoms with Crippen molar-refractivity contribution in [2.75, 3.05) is 39.0 Å². The molecule has 1 aliphatic heterocycles. The number of likely N-dealkylation sites (N-methyl/N-ethyl adjacent to an activating group) is 1. The van der Waals surface area contributed by atoms with Gasteiger partial charge in [0.1, 0.15) is 16.9 Å². The molecule has 5 nitrogen and oxygen atoms in total. The van der Waals surface area contributed by atoms with Gasteiger partial charge in [-0.25, -0.2) is 0 Å². The highest BCUT2D eigenvalue weighted by molar-refractivity contribution is 7.85. The van der Waals surface area contributed by atoms with Crippen LogP contribution in [-0.4, -0.2) is 58.9 Å². The minimum atomic E-state index is -1.35. The maximum Gasteiger partial charge on any atom is 0.235 e. The van der Waals surface area contributed by atoms with Crippen LogP contribution in [0.1, 0.15) is 0 Å². The van der Waals surface area contributed by atoms with Gasteiger partial charge in [-0.05, 0) is 31.3 Å². The third-order valence-electron chi connectivity index (χ3n) is 4.72. The normalized spacial score (nSPS) is 17.2. The lowest BCUT2D eigenvalue weighted by molar-refractivity contribution is -0.129. The number of furan rings is 1. The van der Waals surface area contributed by atoms with Crippen LogP contribution in [0.25, 0.3) is 21.9 Å². The summed E-state index contributed by atoms with van der Waals surface area (Å²) in [4.78, 5) is 17.1. The quantitative estimate of drug-likeness (QED) is 0.723. The molecule has 1 aromatic heterocycles. The molecule has 1 aliphatic rings. The van der Waals surface area contributed by atoms with Crippen LogP contribution in [0.5, 0.6) is 0 Å². The second kappa shape index (κ2) is 6.61. The molecule has 1 saturated heterocycles. The first-order chi connectivity index (χ1) is 12.1. The Morgan fingerprint density at radius 2 is 1.76 bits per heavy atom. The summed E-state index contributed by atoms with van der Waals surface area (Å²) in [6.45, 7) is 3.15. The average Bonchev–Trinajstić information content (AvgIpc) is 3.00. The van der Waals surface area contributed by atoms with Crippen molar-refractivity contribution in [2.45, 2.75) is 4.90 Å². The molecule has 0 spiro atoms. The van der Waals surface area contributed by atoms with Gasteiger partial charge in [0.05, 0.1) is 10.8 Å². The lowest BCUT2D eigenvalue weighted by Crippen LogP contribution is -2.48. The smallest absolute Gasteiger partial charge is 0.235 e. The molecule has 3 aromatic rings. The Balaban J connectivity index is 1.55. The van der Waals surface area contributed by atoms with Gasteiger partial charge < -0.3 is 14.2 Å². The van der Waals surface area contributed by atoms with E-state index in [9.17, 15) is 9.00 Å². The number of nitrogens with zero attached hydrogens (tertiary/aromatic N) is 2. The predicted molar refractivity (Wildman–Crippen MR) is 99.1 cm³/mol. The molecule has 0 aliphatic carbocycles. The average molecular weight is 356 g/mol. The highest BCUT2D eigenvalue weighted by atomic mass is 32.2. The van der Waals surface area contributed by atoms with Crippen LogP contribution in [0.3, 0.4) is 0 Å². The first-order valence-corrected chi connectivity index (χ1v) is 9.70. The van der Waals surface area contributed by atoms with Crippen LogP contribution in [0, 0.1) is 0 Å². The molecule has 0 N–H and O–H groups in total. The van der Waals surface area contributed by atoms with Gasteiger partial charge in [-0.15, -0.1) is 0 Å². The largest absolute Gasteiger partial charge is 0.456 e. The van der Waals surface area contributed by atoms with Gasteiger partial charge in [0.25, 0.3) is 0 Å². The zero-order valence-electron chi connectivity index (χ0n) is 14.1. The van der Waals surface area contributed by atoms with E-state index in [-0.39, 0.29) is 11.7 Å². The first kappa shape index (κ1) is 16.3. The van der Waals surface area contributed by atoms with Gasteiger partial charge >= 0.3 is 0 Å². The van der Waals surface area contributed by atoms with Crippen molar-refractivity contribution in [2.24, 2.45) is 0 Å². The molecule has 2 aromatic carbocycles. The summed E-state index contributed by atoms with van der Waals surface area (Å²) >= 11 is 0. The molecule has 4 rings (SSSR count). The zero-order valence-corrected chi connectivity index (χ0v) is 14.9. The van der Waals surface area contributed by atoms with Crippen LogP contribution >= 0.6 is 0 Å². The van der Waals surface area contributed by atoms with Gasteiger partial charge in [0, 0.05) is 41.8 Å². The molecule has 2 heterocycles. The number of piperazine rings is 1. The minimum absolute atomic E-state index is 0.0327. The fourth-order valence-corrected chi connectivity index (χ4v) is 4.23. The van der Waals surface area contributed by atoms with E-state index in [1.54, 1.807) is 6.07 Å². The monoisotopic (exact) mass is 356 g/mol. The highest BCUT2D eigenvalue weighted by Crippen LogP contribution is 2.29. The Kier molecular flexibility index (Phi) is 4.31. The Morgan fingerprint density at radius 1 is 1.04 bits per heavy atom. The van der Waals surface area contributed by atoms with Crippen molar-refractivity contribution in [3.05, 3.63) is 42.5 Å². The van der Waals surface area contributed by atoms with E-state index in [4.69, 9.17) is 4.42 Å². The number of carbonyl (C=O) groups excluding carboxylic acids is 1. The lowest BCUT2D eigenvalue weighted by Gasteiger charge is -2.32. The van der Waals surface area contributed by atoms with Crippen LogP contribution in [0.15, 0.2) is 51.8 Å². The molecular formula is C19H20N2O3S. The summed E-state index contributed by atoms with van der Waals surface area (Å²) in [7, 11) is 0.693. The Labute approximate surface area is 148 Å². The van der Waals surface area contributed by atoms with Gasteiger partial charge in [-0.1, -0.05) is 18.2 Å². The lowest BCUT2D eigenvalue weighted by atomic mass is 10.1. The number of para-hydroxylation sites is 1. The predicted octanol–water partition coefficient (Wildman–Crippen LogP) is 2.47. The fourth-order valence-electron chi connectivity index (χ4n) is 3.19. The first-order valence-electron chi connectivity index (χ1n) is 8.38. The number of hydrogen-bond donors (Lipinski definition) is 0. The van der Waals surface area contributed by atoms with Gasteiger partial charge in [-0.2, -0.15) is 0 Å². The Hall–Kier alpha value is -2.18. The molecule has 25 heavy (non-hydrogen) atoms. The number of rotatable bonds is 3. The van der Waals surface area contributed by atoms with Crippen molar-refractivity contribution in [1.82, 2.24) is 9.80 Å². The van der Waals surface area contributed by atoms with E-state index in [1.165, 1.54) is 0 Å². The topological polar surface area (TPSA) is 53.8 Å². The summed E-state index contributed by atoms with van der Waals surface area (Å²) in [5.74, 6) is -0.00561. The second-order valence-electron chi connectivity index (χ2n) is 6.43. The molecule has 1 atom stereocenters. The number of benzene rings is 2. The van der Waals surface area contributed by atoms with Crippen LogP contribution in [-0.2, 0) is 15.6 Å². The molecule has 0 radical (unpaired) electrons. The molecule has 130 valence electrons. The SMILES string of the molecule is CN1CCN(C(=O)CS(=O)c2ccc3oc4ccccc4c3c2)CC1. The molecule has 1 fully saturated rings. The second-order valence-corrected chi connectivity index (χ2v) is 7.88. The number of carbonyl (C=O) groups is 1.